The molecule has 1 amide bonds. The average molecular weight is 250 g/mol. The molecule has 0 atom stereocenters. The lowest BCUT2D eigenvalue weighted by atomic mass is 9.84. The molecule has 0 spiro atoms. The predicted octanol–water partition coefficient (Wildman–Crippen LogP) is 3.52. The van der Waals surface area contributed by atoms with E-state index < -0.39 is 25.6 Å². The third-order valence-corrected chi connectivity index (χ3v) is 2.04. The predicted molar refractivity (Wildman–Crippen MR) is 58.6 cm³/mol. The first-order valence-corrected chi connectivity index (χ1v) is 5.01. The number of rotatable bonds is 4. The van der Waals surface area contributed by atoms with Gasteiger partial charge in [0.25, 0.3) is 0 Å². The molecule has 0 unspecified atom stereocenters. The Morgan fingerprint density at radius 1 is 1.38 bits per heavy atom. The zero-order valence-corrected chi connectivity index (χ0v) is 8.98. The van der Waals surface area contributed by atoms with Crippen molar-refractivity contribution < 1.29 is 17.7 Å². The Balaban J connectivity index is 2.46. The van der Waals surface area contributed by atoms with E-state index in [2.05, 4.69) is 5.32 Å². The second-order valence-electron chi connectivity index (χ2n) is 3.31. The van der Waals surface area contributed by atoms with E-state index in [1.165, 1.54) is 6.07 Å². The topological polar surface area (TPSA) is 29.1 Å². The molecule has 2 nitrogen and oxygen atoms in total. The Kier molecular flexibility index (Phi) is 4.23. The fraction of sp³-hybridized carbons (Fsp3) is 0.222. The minimum absolute atomic E-state index is 0.396. The number of carbonyl (C=O) groups is 1. The van der Waals surface area contributed by atoms with Gasteiger partial charge in [0.15, 0.2) is 0 Å². The molecule has 0 heterocycles. The van der Waals surface area contributed by atoms with Crippen LogP contribution in [-0.4, -0.2) is 12.9 Å². The lowest BCUT2D eigenvalue weighted by molar-refractivity contribution is -0.116. The number of carbonyl (C=O) groups excluding carboxylic acids is 1. The van der Waals surface area contributed by atoms with Gasteiger partial charge in [0, 0.05) is 17.1 Å². The van der Waals surface area contributed by atoms with Crippen molar-refractivity contribution in [1.82, 2.24) is 0 Å². The van der Waals surface area contributed by atoms with Crippen molar-refractivity contribution in [3.63, 3.8) is 0 Å². The second-order valence-corrected chi connectivity index (χ2v) is 3.74. The highest BCUT2D eigenvalue weighted by Crippen LogP contribution is 2.18. The molecular weight excluding hydrogens is 241 g/mol. The van der Waals surface area contributed by atoms with E-state index in [4.69, 9.17) is 11.6 Å². The van der Waals surface area contributed by atoms with Crippen LogP contribution in [0.4, 0.5) is 18.6 Å². The Morgan fingerprint density at radius 3 is 2.62 bits per heavy atom. The first kappa shape index (κ1) is 12.9. The van der Waals surface area contributed by atoms with Crippen LogP contribution in [0.1, 0.15) is 6.42 Å². The molecule has 0 aliphatic carbocycles. The van der Waals surface area contributed by atoms with Gasteiger partial charge in [-0.05, 0) is 18.2 Å². The van der Waals surface area contributed by atoms with Gasteiger partial charge in [0.1, 0.15) is 0 Å². The Hall–Kier alpha value is -1.17. The first-order chi connectivity index (χ1) is 7.37. The van der Waals surface area contributed by atoms with Crippen molar-refractivity contribution in [3.8, 4) is 0 Å². The molecule has 7 heteroatoms. The molecule has 88 valence electrons. The lowest BCUT2D eigenvalue weighted by Crippen LogP contribution is -2.19. The Labute approximate surface area is 95.8 Å². The summed E-state index contributed by atoms with van der Waals surface area (Å²) < 4.78 is 35.6. The van der Waals surface area contributed by atoms with Crippen LogP contribution >= 0.6 is 11.6 Å². The third kappa shape index (κ3) is 5.07. The maximum atomic E-state index is 11.9. The SMILES string of the molecule is O=C(CC[B-](F)(F)F)Nc1cccc(Cl)c1. The molecule has 0 aliphatic heterocycles. The molecule has 0 aromatic heterocycles. The molecule has 0 fully saturated rings. The van der Waals surface area contributed by atoms with E-state index in [-0.39, 0.29) is 0 Å². The van der Waals surface area contributed by atoms with Crippen molar-refractivity contribution in [2.24, 2.45) is 0 Å². The quantitative estimate of drug-likeness (QED) is 0.814. The number of nitrogens with one attached hydrogen (secondary N) is 1. The fourth-order valence-electron chi connectivity index (χ4n) is 1.08. The molecule has 0 radical (unpaired) electrons. The maximum absolute atomic E-state index is 11.9. The molecule has 1 rings (SSSR count). The van der Waals surface area contributed by atoms with Crippen LogP contribution in [0.15, 0.2) is 24.3 Å². The van der Waals surface area contributed by atoms with Gasteiger partial charge in [0.2, 0.25) is 5.91 Å². The summed E-state index contributed by atoms with van der Waals surface area (Å²) in [7, 11) is 0. The van der Waals surface area contributed by atoms with Crippen LogP contribution in [0.25, 0.3) is 0 Å². The summed E-state index contributed by atoms with van der Waals surface area (Å²) >= 11 is 5.65. The number of halogens is 4. The summed E-state index contributed by atoms with van der Waals surface area (Å²) in [6.07, 6.45) is -1.62. The van der Waals surface area contributed by atoms with Crippen molar-refractivity contribution >= 4 is 30.2 Å². The van der Waals surface area contributed by atoms with E-state index in [1.807, 2.05) is 0 Å². The van der Waals surface area contributed by atoms with Gasteiger partial charge in [-0.3, -0.25) is 4.79 Å². The Morgan fingerprint density at radius 2 is 2.06 bits per heavy atom. The van der Waals surface area contributed by atoms with Gasteiger partial charge in [-0.25, -0.2) is 0 Å². The van der Waals surface area contributed by atoms with Crippen molar-refractivity contribution in [2.75, 3.05) is 5.32 Å². The highest BCUT2D eigenvalue weighted by Gasteiger charge is 2.23. The molecule has 1 N–H and O–H groups in total. The first-order valence-electron chi connectivity index (χ1n) is 4.63. The van der Waals surface area contributed by atoms with E-state index >= 15 is 0 Å². The van der Waals surface area contributed by atoms with Crippen LogP contribution < -0.4 is 5.32 Å². The van der Waals surface area contributed by atoms with Gasteiger partial charge in [-0.1, -0.05) is 24.0 Å². The third-order valence-electron chi connectivity index (χ3n) is 1.81. The average Bonchev–Trinajstić information content (AvgIpc) is 2.14. The number of anilines is 1. The van der Waals surface area contributed by atoms with Crippen molar-refractivity contribution in [2.45, 2.75) is 12.7 Å². The van der Waals surface area contributed by atoms with Gasteiger partial charge in [-0.15, -0.1) is 0 Å². The molecular formula is C9H9BClF3NO-. The monoisotopic (exact) mass is 250 g/mol. The van der Waals surface area contributed by atoms with Crippen molar-refractivity contribution in [1.29, 1.82) is 0 Å². The molecule has 0 aliphatic rings. The normalized spacial score (nSPS) is 11.2. The molecule has 1 aromatic rings. The summed E-state index contributed by atoms with van der Waals surface area (Å²) in [5.41, 5.74) is 0.396. The largest absolute Gasteiger partial charge is 0.478 e. The van der Waals surface area contributed by atoms with E-state index in [1.54, 1.807) is 18.2 Å². The van der Waals surface area contributed by atoms with E-state index in [9.17, 15) is 17.7 Å². The zero-order valence-electron chi connectivity index (χ0n) is 8.22. The summed E-state index contributed by atoms with van der Waals surface area (Å²) in [6.45, 7) is -4.91. The maximum Gasteiger partial charge on any atom is 0.478 e. The van der Waals surface area contributed by atoms with Gasteiger partial charge < -0.3 is 18.3 Å². The minimum Gasteiger partial charge on any atom is -0.449 e. The van der Waals surface area contributed by atoms with Crippen LogP contribution in [-0.2, 0) is 4.79 Å². The summed E-state index contributed by atoms with van der Waals surface area (Å²) in [5.74, 6) is -0.665. The van der Waals surface area contributed by atoms with Crippen LogP contribution in [0.3, 0.4) is 0 Å². The second kappa shape index (κ2) is 5.25. The number of amides is 1. The summed E-state index contributed by atoms with van der Waals surface area (Å²) in [6, 6.07) is 6.24. The van der Waals surface area contributed by atoms with Crippen LogP contribution in [0.2, 0.25) is 11.3 Å². The van der Waals surface area contributed by atoms with Crippen LogP contribution in [0, 0.1) is 0 Å². The summed E-state index contributed by atoms with van der Waals surface area (Å²) in [5, 5.41) is 2.76. The highest BCUT2D eigenvalue weighted by atomic mass is 35.5. The number of hydrogen-bond donors (Lipinski definition) is 1. The summed E-state index contributed by atoms with van der Waals surface area (Å²) in [4.78, 5) is 11.1. The van der Waals surface area contributed by atoms with Crippen LogP contribution in [0.5, 0.6) is 0 Å². The molecule has 1 aromatic carbocycles. The standard InChI is InChI=1S/C9H9BClF3NO/c11-7-2-1-3-8(6-7)15-9(16)4-5-10(12,13)14/h1-3,6H,4-5H2,(H,15,16)/q-1. The number of benzene rings is 1. The Bertz CT molecular complexity index is 383. The molecule has 0 bridgehead atoms. The molecule has 0 saturated carbocycles. The zero-order chi connectivity index (χ0) is 12.2. The lowest BCUT2D eigenvalue weighted by Gasteiger charge is -2.12. The minimum atomic E-state index is -4.91. The number of hydrogen-bond acceptors (Lipinski definition) is 1. The van der Waals surface area contributed by atoms with Gasteiger partial charge >= 0.3 is 6.98 Å². The van der Waals surface area contributed by atoms with E-state index in [0.29, 0.717) is 10.7 Å². The molecule has 16 heavy (non-hydrogen) atoms. The molecule has 0 saturated heterocycles. The smallest absolute Gasteiger partial charge is 0.449 e. The fourth-order valence-corrected chi connectivity index (χ4v) is 1.27. The van der Waals surface area contributed by atoms with Gasteiger partial charge in [0.05, 0.1) is 0 Å². The van der Waals surface area contributed by atoms with Crippen molar-refractivity contribution in [3.05, 3.63) is 29.3 Å². The van der Waals surface area contributed by atoms with Gasteiger partial charge in [-0.2, -0.15) is 0 Å². The van der Waals surface area contributed by atoms with E-state index in [0.717, 1.165) is 0 Å². The highest BCUT2D eigenvalue weighted by molar-refractivity contribution is 6.58.